The number of hydrogen-bond donors (Lipinski definition) is 1. The number of hydrogen-bond acceptors (Lipinski definition) is 2. The second kappa shape index (κ2) is 3.44. The molecule has 0 aromatic heterocycles. The molecule has 3 heteroatoms. The summed E-state index contributed by atoms with van der Waals surface area (Å²) < 4.78 is 5.42. The van der Waals surface area contributed by atoms with Gasteiger partial charge in [-0.1, -0.05) is 23.7 Å². The van der Waals surface area contributed by atoms with E-state index in [4.69, 9.17) is 16.3 Å². The van der Waals surface area contributed by atoms with Crippen molar-refractivity contribution in [2.75, 3.05) is 6.54 Å². The molecule has 2 rings (SSSR count). The Hall–Kier alpha value is -0.570. The van der Waals surface area contributed by atoms with Crippen LogP contribution in [0, 0.1) is 0 Å². The average molecular weight is 184 g/mol. The minimum Gasteiger partial charge on any atom is -0.357 e. The molecule has 0 amide bonds. The van der Waals surface area contributed by atoms with Gasteiger partial charge in [0.15, 0.2) is 0 Å². The summed E-state index contributed by atoms with van der Waals surface area (Å²) in [6.07, 6.45) is 0.278. The molecule has 1 N–H and O–H groups in total. The molecule has 1 aliphatic rings. The van der Waals surface area contributed by atoms with Crippen molar-refractivity contribution < 1.29 is 4.74 Å². The summed E-state index contributed by atoms with van der Waals surface area (Å²) in [5.74, 6) is 0. The number of rotatable bonds is 3. The molecule has 1 aliphatic heterocycles. The van der Waals surface area contributed by atoms with Crippen LogP contribution >= 0.6 is 11.6 Å². The van der Waals surface area contributed by atoms with E-state index in [1.54, 1.807) is 0 Å². The fourth-order valence-corrected chi connectivity index (χ4v) is 1.07. The van der Waals surface area contributed by atoms with Gasteiger partial charge in [0.1, 0.15) is 6.23 Å². The second-order valence-electron chi connectivity index (χ2n) is 2.83. The molecule has 0 radical (unpaired) electrons. The van der Waals surface area contributed by atoms with E-state index in [9.17, 15) is 0 Å². The lowest BCUT2D eigenvalue weighted by Gasteiger charge is -2.00. The van der Waals surface area contributed by atoms with Crippen LogP contribution in [0.4, 0.5) is 0 Å². The Balaban J connectivity index is 1.89. The smallest absolute Gasteiger partial charge is 0.121 e. The van der Waals surface area contributed by atoms with E-state index in [1.165, 1.54) is 0 Å². The van der Waals surface area contributed by atoms with Crippen molar-refractivity contribution in [2.45, 2.75) is 12.8 Å². The van der Waals surface area contributed by atoms with Crippen LogP contribution in [0.5, 0.6) is 0 Å². The first-order chi connectivity index (χ1) is 5.84. The van der Waals surface area contributed by atoms with Crippen molar-refractivity contribution in [1.29, 1.82) is 0 Å². The first kappa shape index (κ1) is 8.05. The van der Waals surface area contributed by atoms with Crippen molar-refractivity contribution in [3.8, 4) is 0 Å². The van der Waals surface area contributed by atoms with Gasteiger partial charge in [0, 0.05) is 11.6 Å². The Morgan fingerprint density at radius 2 is 2.08 bits per heavy atom. The topological polar surface area (TPSA) is 31.2 Å². The molecule has 1 unspecified atom stereocenters. The molecule has 0 spiro atoms. The highest BCUT2D eigenvalue weighted by atomic mass is 35.5. The van der Waals surface area contributed by atoms with Gasteiger partial charge in [-0.2, -0.15) is 0 Å². The molecule has 64 valence electrons. The fourth-order valence-electron chi connectivity index (χ4n) is 0.943. The van der Waals surface area contributed by atoms with E-state index in [0.717, 1.165) is 17.1 Å². The highest BCUT2D eigenvalue weighted by molar-refractivity contribution is 6.30. The summed E-state index contributed by atoms with van der Waals surface area (Å²) >= 11 is 5.73. The van der Waals surface area contributed by atoms with Gasteiger partial charge in [-0.3, -0.25) is 5.32 Å². The molecule has 0 bridgehead atoms. The number of nitrogens with one attached hydrogen (secondary N) is 1. The maximum absolute atomic E-state index is 5.73. The van der Waals surface area contributed by atoms with E-state index in [0.29, 0.717) is 6.61 Å². The third-order valence-corrected chi connectivity index (χ3v) is 1.99. The van der Waals surface area contributed by atoms with Gasteiger partial charge in [0.05, 0.1) is 6.61 Å². The van der Waals surface area contributed by atoms with Crippen molar-refractivity contribution in [1.82, 2.24) is 5.32 Å². The summed E-state index contributed by atoms with van der Waals surface area (Å²) in [5.41, 5.74) is 1.16. The standard InChI is InChI=1S/C9H10ClNO/c10-8-3-1-7(2-4-8)6-12-9-5-11-9/h1-4,9,11H,5-6H2. The Morgan fingerprint density at radius 1 is 1.42 bits per heavy atom. The van der Waals surface area contributed by atoms with Gasteiger partial charge >= 0.3 is 0 Å². The lowest BCUT2D eigenvalue weighted by Crippen LogP contribution is -1.98. The predicted molar refractivity (Wildman–Crippen MR) is 48.0 cm³/mol. The Kier molecular flexibility index (Phi) is 2.30. The molecule has 2 nitrogen and oxygen atoms in total. The van der Waals surface area contributed by atoms with Gasteiger partial charge < -0.3 is 4.74 Å². The lowest BCUT2D eigenvalue weighted by molar-refractivity contribution is 0.103. The first-order valence-corrected chi connectivity index (χ1v) is 4.32. The molecule has 12 heavy (non-hydrogen) atoms. The van der Waals surface area contributed by atoms with Gasteiger partial charge in [-0.05, 0) is 17.7 Å². The summed E-state index contributed by atoms with van der Waals surface area (Å²) in [6, 6.07) is 7.70. The normalized spacial score (nSPS) is 20.9. The third-order valence-electron chi connectivity index (χ3n) is 1.74. The van der Waals surface area contributed by atoms with Crippen molar-refractivity contribution >= 4 is 11.6 Å². The minimum absolute atomic E-state index is 0.278. The van der Waals surface area contributed by atoms with Crippen molar-refractivity contribution in [3.05, 3.63) is 34.9 Å². The first-order valence-electron chi connectivity index (χ1n) is 3.94. The van der Waals surface area contributed by atoms with Gasteiger partial charge in [0.2, 0.25) is 0 Å². The summed E-state index contributed by atoms with van der Waals surface area (Å²) in [6.45, 7) is 1.64. The Morgan fingerprint density at radius 3 is 2.67 bits per heavy atom. The van der Waals surface area contributed by atoms with Crippen LogP contribution in [0.3, 0.4) is 0 Å². The summed E-state index contributed by atoms with van der Waals surface area (Å²) in [5, 5.41) is 3.83. The van der Waals surface area contributed by atoms with Gasteiger partial charge in [0.25, 0.3) is 0 Å². The molecular formula is C9H10ClNO. The fraction of sp³-hybridized carbons (Fsp3) is 0.333. The van der Waals surface area contributed by atoms with Crippen LogP contribution in [-0.2, 0) is 11.3 Å². The molecular weight excluding hydrogens is 174 g/mol. The molecule has 1 aromatic rings. The van der Waals surface area contributed by atoms with E-state index in [1.807, 2.05) is 24.3 Å². The quantitative estimate of drug-likeness (QED) is 0.725. The third kappa shape index (κ3) is 2.21. The zero-order valence-electron chi connectivity index (χ0n) is 6.59. The summed E-state index contributed by atoms with van der Waals surface area (Å²) in [4.78, 5) is 0. The summed E-state index contributed by atoms with van der Waals surface area (Å²) in [7, 11) is 0. The van der Waals surface area contributed by atoms with Gasteiger partial charge in [-0.25, -0.2) is 0 Å². The number of benzene rings is 1. The van der Waals surface area contributed by atoms with Crippen LogP contribution in [0.2, 0.25) is 5.02 Å². The van der Waals surface area contributed by atoms with Crippen LogP contribution < -0.4 is 5.32 Å². The van der Waals surface area contributed by atoms with E-state index >= 15 is 0 Å². The van der Waals surface area contributed by atoms with Crippen LogP contribution in [0.1, 0.15) is 5.56 Å². The molecule has 0 aliphatic carbocycles. The predicted octanol–water partition coefficient (Wildman–Crippen LogP) is 1.79. The molecule has 1 fully saturated rings. The Bertz CT molecular complexity index is 256. The van der Waals surface area contributed by atoms with Crippen LogP contribution in [-0.4, -0.2) is 12.8 Å². The molecule has 0 saturated carbocycles. The highest BCUT2D eigenvalue weighted by Gasteiger charge is 2.19. The van der Waals surface area contributed by atoms with E-state index in [-0.39, 0.29) is 6.23 Å². The molecule has 1 atom stereocenters. The maximum Gasteiger partial charge on any atom is 0.121 e. The van der Waals surface area contributed by atoms with Crippen LogP contribution in [0.25, 0.3) is 0 Å². The van der Waals surface area contributed by atoms with E-state index < -0.39 is 0 Å². The lowest BCUT2D eigenvalue weighted by atomic mass is 10.2. The maximum atomic E-state index is 5.73. The molecule has 1 aromatic carbocycles. The Labute approximate surface area is 76.5 Å². The zero-order chi connectivity index (χ0) is 8.39. The SMILES string of the molecule is Clc1ccc(COC2CN2)cc1. The zero-order valence-corrected chi connectivity index (χ0v) is 7.34. The highest BCUT2D eigenvalue weighted by Crippen LogP contribution is 2.11. The largest absolute Gasteiger partial charge is 0.357 e. The van der Waals surface area contributed by atoms with E-state index in [2.05, 4.69) is 5.32 Å². The molecule has 1 saturated heterocycles. The average Bonchev–Trinajstić information content (AvgIpc) is 2.87. The van der Waals surface area contributed by atoms with Crippen molar-refractivity contribution in [3.63, 3.8) is 0 Å². The monoisotopic (exact) mass is 183 g/mol. The number of ether oxygens (including phenoxy) is 1. The second-order valence-corrected chi connectivity index (χ2v) is 3.27. The van der Waals surface area contributed by atoms with Crippen molar-refractivity contribution in [2.24, 2.45) is 0 Å². The number of halogens is 1. The van der Waals surface area contributed by atoms with Crippen LogP contribution in [0.15, 0.2) is 24.3 Å². The molecule has 1 heterocycles. The minimum atomic E-state index is 0.278. The van der Waals surface area contributed by atoms with Gasteiger partial charge in [-0.15, -0.1) is 0 Å².